The van der Waals surface area contributed by atoms with Crippen molar-refractivity contribution in [3.63, 3.8) is 0 Å². The van der Waals surface area contributed by atoms with Crippen LogP contribution in [0.4, 0.5) is 0 Å². The molecule has 1 aromatic carbocycles. The maximum Gasteiger partial charge on any atom is 0.132 e. The van der Waals surface area contributed by atoms with Crippen LogP contribution in [-0.2, 0) is 11.2 Å². The normalized spacial score (nSPS) is 10.4. The zero-order chi connectivity index (χ0) is 13.4. The molecule has 0 aliphatic heterocycles. The van der Waals surface area contributed by atoms with Crippen molar-refractivity contribution in [1.29, 1.82) is 0 Å². The predicted molar refractivity (Wildman–Crippen MR) is 75.2 cm³/mol. The number of unbranched alkanes of at least 4 members (excludes halogenated alkanes) is 1. The van der Waals surface area contributed by atoms with Gasteiger partial charge in [0.1, 0.15) is 11.5 Å². The molecule has 0 fully saturated rings. The molecule has 0 N–H and O–H groups in total. The monoisotopic (exact) mass is 248 g/mol. The van der Waals surface area contributed by atoms with Crippen LogP contribution in [0.1, 0.15) is 50.7 Å². The molecule has 0 unspecified atom stereocenters. The lowest BCUT2D eigenvalue weighted by atomic mass is 10.0. The Balaban J connectivity index is 2.45. The second-order valence-corrected chi connectivity index (χ2v) is 4.62. The number of carbonyl (C=O) groups is 1. The van der Waals surface area contributed by atoms with E-state index in [0.29, 0.717) is 18.8 Å². The number of carbonyl (C=O) groups excluding carboxylic acids is 1. The molecule has 0 saturated carbocycles. The molecule has 100 valence electrons. The summed E-state index contributed by atoms with van der Waals surface area (Å²) >= 11 is 0. The van der Waals surface area contributed by atoms with Gasteiger partial charge in [0, 0.05) is 12.8 Å². The van der Waals surface area contributed by atoms with Gasteiger partial charge in [0.15, 0.2) is 0 Å². The number of ether oxygens (including phenoxy) is 1. The average Bonchev–Trinajstić information content (AvgIpc) is 2.38. The molecular formula is C16H24O2. The van der Waals surface area contributed by atoms with E-state index in [1.165, 1.54) is 11.1 Å². The lowest BCUT2D eigenvalue weighted by Gasteiger charge is -2.09. The Morgan fingerprint density at radius 2 is 2.00 bits per heavy atom. The van der Waals surface area contributed by atoms with E-state index in [9.17, 15) is 4.79 Å². The molecule has 1 rings (SSSR count). The van der Waals surface area contributed by atoms with E-state index in [1.54, 1.807) is 0 Å². The molecule has 0 atom stereocenters. The van der Waals surface area contributed by atoms with Gasteiger partial charge in [-0.15, -0.1) is 0 Å². The quantitative estimate of drug-likeness (QED) is 0.648. The maximum atomic E-state index is 11.2. The van der Waals surface area contributed by atoms with E-state index < -0.39 is 0 Å². The average molecular weight is 248 g/mol. The van der Waals surface area contributed by atoms with E-state index in [2.05, 4.69) is 19.1 Å². The first-order valence-corrected chi connectivity index (χ1v) is 6.91. The summed E-state index contributed by atoms with van der Waals surface area (Å²) in [5, 5.41) is 0. The molecule has 0 radical (unpaired) electrons. The highest BCUT2D eigenvalue weighted by Gasteiger charge is 2.03. The SMILES string of the molecule is CCOc1ccc(C)c(CCCCC(=O)CC)c1. The molecule has 0 saturated heterocycles. The van der Waals surface area contributed by atoms with Crippen molar-refractivity contribution in [2.45, 2.75) is 52.9 Å². The highest BCUT2D eigenvalue weighted by molar-refractivity contribution is 5.77. The van der Waals surface area contributed by atoms with Crippen molar-refractivity contribution in [2.75, 3.05) is 6.61 Å². The maximum absolute atomic E-state index is 11.2. The van der Waals surface area contributed by atoms with Crippen LogP contribution in [0.2, 0.25) is 0 Å². The Labute approximate surface area is 110 Å². The number of Topliss-reactive ketones (excluding diaryl/α,β-unsaturated/α-hetero) is 1. The van der Waals surface area contributed by atoms with Crippen molar-refractivity contribution < 1.29 is 9.53 Å². The first-order chi connectivity index (χ1) is 8.67. The summed E-state index contributed by atoms with van der Waals surface area (Å²) < 4.78 is 5.51. The number of aryl methyl sites for hydroxylation is 2. The molecule has 0 heterocycles. The van der Waals surface area contributed by atoms with Gasteiger partial charge in [0.2, 0.25) is 0 Å². The van der Waals surface area contributed by atoms with Gasteiger partial charge in [-0.05, 0) is 56.4 Å². The third kappa shape index (κ3) is 4.91. The number of hydrogen-bond donors (Lipinski definition) is 0. The minimum Gasteiger partial charge on any atom is -0.494 e. The predicted octanol–water partition coefficient (Wildman–Crippen LogP) is 4.09. The van der Waals surface area contributed by atoms with Gasteiger partial charge < -0.3 is 4.74 Å². The lowest BCUT2D eigenvalue weighted by Crippen LogP contribution is -1.97. The minimum absolute atomic E-state index is 0.370. The molecule has 0 amide bonds. The lowest BCUT2D eigenvalue weighted by molar-refractivity contribution is -0.118. The summed E-state index contributed by atoms with van der Waals surface area (Å²) in [6.07, 6.45) is 4.48. The molecule has 0 bridgehead atoms. The number of benzene rings is 1. The Morgan fingerprint density at radius 1 is 1.22 bits per heavy atom. The summed E-state index contributed by atoms with van der Waals surface area (Å²) in [5.74, 6) is 1.32. The Morgan fingerprint density at radius 3 is 2.67 bits per heavy atom. The van der Waals surface area contributed by atoms with Gasteiger partial charge >= 0.3 is 0 Å². The molecule has 0 spiro atoms. The summed E-state index contributed by atoms with van der Waals surface area (Å²) in [5.41, 5.74) is 2.64. The molecule has 2 nitrogen and oxygen atoms in total. The zero-order valence-corrected chi connectivity index (χ0v) is 11.8. The minimum atomic E-state index is 0.370. The van der Waals surface area contributed by atoms with Crippen molar-refractivity contribution >= 4 is 5.78 Å². The Bertz CT molecular complexity index is 383. The largest absolute Gasteiger partial charge is 0.494 e. The van der Waals surface area contributed by atoms with Crippen LogP contribution in [-0.4, -0.2) is 12.4 Å². The number of rotatable bonds is 8. The van der Waals surface area contributed by atoms with Crippen LogP contribution in [0.15, 0.2) is 18.2 Å². The fraction of sp³-hybridized carbons (Fsp3) is 0.562. The van der Waals surface area contributed by atoms with Crippen LogP contribution in [0.5, 0.6) is 5.75 Å². The van der Waals surface area contributed by atoms with Gasteiger partial charge in [0.05, 0.1) is 6.61 Å². The van der Waals surface area contributed by atoms with Crippen LogP contribution in [0.25, 0.3) is 0 Å². The van der Waals surface area contributed by atoms with Crippen molar-refractivity contribution in [2.24, 2.45) is 0 Å². The van der Waals surface area contributed by atoms with Gasteiger partial charge in [0.25, 0.3) is 0 Å². The summed E-state index contributed by atoms with van der Waals surface area (Å²) in [6, 6.07) is 6.25. The molecule has 0 aliphatic rings. The second-order valence-electron chi connectivity index (χ2n) is 4.62. The Hall–Kier alpha value is -1.31. The first kappa shape index (κ1) is 14.7. The molecule has 2 heteroatoms. The third-order valence-electron chi connectivity index (χ3n) is 3.18. The fourth-order valence-electron chi connectivity index (χ4n) is 1.99. The van der Waals surface area contributed by atoms with Gasteiger partial charge in [-0.3, -0.25) is 4.79 Å². The van der Waals surface area contributed by atoms with E-state index in [4.69, 9.17) is 4.74 Å². The highest BCUT2D eigenvalue weighted by atomic mass is 16.5. The van der Waals surface area contributed by atoms with Crippen LogP contribution < -0.4 is 4.74 Å². The van der Waals surface area contributed by atoms with Crippen molar-refractivity contribution in [3.8, 4) is 5.75 Å². The standard InChI is InChI=1S/C16H24O2/c1-4-15(17)9-7-6-8-14-12-16(18-5-2)11-10-13(14)3/h10-12H,4-9H2,1-3H3. The zero-order valence-electron chi connectivity index (χ0n) is 11.8. The van der Waals surface area contributed by atoms with Crippen LogP contribution >= 0.6 is 0 Å². The van der Waals surface area contributed by atoms with Crippen LogP contribution in [0, 0.1) is 6.92 Å². The molecular weight excluding hydrogens is 224 g/mol. The van der Waals surface area contributed by atoms with Gasteiger partial charge in [-0.2, -0.15) is 0 Å². The van der Waals surface area contributed by atoms with Crippen LogP contribution in [0.3, 0.4) is 0 Å². The summed E-state index contributed by atoms with van der Waals surface area (Å²) in [6.45, 7) is 6.75. The topological polar surface area (TPSA) is 26.3 Å². The fourth-order valence-corrected chi connectivity index (χ4v) is 1.99. The van der Waals surface area contributed by atoms with E-state index in [1.807, 2.05) is 19.9 Å². The third-order valence-corrected chi connectivity index (χ3v) is 3.18. The highest BCUT2D eigenvalue weighted by Crippen LogP contribution is 2.19. The molecule has 0 aliphatic carbocycles. The Kier molecular flexibility index (Phi) is 6.48. The second kappa shape index (κ2) is 7.91. The van der Waals surface area contributed by atoms with E-state index >= 15 is 0 Å². The smallest absolute Gasteiger partial charge is 0.132 e. The van der Waals surface area contributed by atoms with Gasteiger partial charge in [-0.1, -0.05) is 13.0 Å². The number of hydrogen-bond acceptors (Lipinski definition) is 2. The van der Waals surface area contributed by atoms with Crippen molar-refractivity contribution in [1.82, 2.24) is 0 Å². The molecule has 0 aromatic heterocycles. The van der Waals surface area contributed by atoms with Crippen molar-refractivity contribution in [3.05, 3.63) is 29.3 Å². The van der Waals surface area contributed by atoms with E-state index in [-0.39, 0.29) is 0 Å². The van der Waals surface area contributed by atoms with Gasteiger partial charge in [-0.25, -0.2) is 0 Å². The molecule has 1 aromatic rings. The number of ketones is 1. The summed E-state index contributed by atoms with van der Waals surface area (Å²) in [7, 11) is 0. The first-order valence-electron chi connectivity index (χ1n) is 6.91. The summed E-state index contributed by atoms with van der Waals surface area (Å²) in [4.78, 5) is 11.2. The molecule has 18 heavy (non-hydrogen) atoms. The van der Waals surface area contributed by atoms with E-state index in [0.717, 1.165) is 31.4 Å².